The van der Waals surface area contributed by atoms with Crippen LogP contribution in [0, 0.1) is 0 Å². The first-order valence-electron chi connectivity index (χ1n) is 3.88. The first-order chi connectivity index (χ1) is 6.02. The molecule has 1 rings (SSSR count). The highest BCUT2D eigenvalue weighted by Crippen LogP contribution is 2.26. The Morgan fingerprint density at radius 3 is 2.00 bits per heavy atom. The topological polar surface area (TPSA) is 6.48 Å². The van der Waals surface area contributed by atoms with E-state index < -0.39 is 0 Å². The van der Waals surface area contributed by atoms with Gasteiger partial charge in [-0.15, -0.1) is 12.4 Å². The summed E-state index contributed by atoms with van der Waals surface area (Å²) in [6.07, 6.45) is 0. The lowest BCUT2D eigenvalue weighted by atomic mass is 10.3. The van der Waals surface area contributed by atoms with Gasteiger partial charge in [-0.1, -0.05) is 23.2 Å². The highest BCUT2D eigenvalue weighted by molar-refractivity contribution is 6.42. The lowest BCUT2D eigenvalue weighted by Gasteiger charge is -2.26. The van der Waals surface area contributed by atoms with Crippen LogP contribution in [-0.4, -0.2) is 26.2 Å². The highest BCUT2D eigenvalue weighted by Gasteiger charge is 2.04. The zero-order valence-corrected chi connectivity index (χ0v) is 10.6. The number of rotatable bonds is 2. The number of nitrogens with zero attached hydrogens (tertiary/aromatic N) is 2. The van der Waals surface area contributed by atoms with Crippen molar-refractivity contribution in [2.24, 2.45) is 0 Å². The molecule has 0 saturated carbocycles. The largest absolute Gasteiger partial charge is 0.309 e. The Hall–Kier alpha value is -0.150. The third-order valence-electron chi connectivity index (χ3n) is 1.88. The Morgan fingerprint density at radius 1 is 1.00 bits per heavy atom. The van der Waals surface area contributed by atoms with Gasteiger partial charge in [0.2, 0.25) is 0 Å². The van der Waals surface area contributed by atoms with Crippen LogP contribution in [-0.2, 0) is 0 Å². The SMILES string of the molecule is CN(C)N(C)c1ccc(Cl)c(Cl)c1.Cl. The molecule has 0 aliphatic rings. The summed E-state index contributed by atoms with van der Waals surface area (Å²) in [6, 6.07) is 5.55. The molecule has 2 nitrogen and oxygen atoms in total. The molecular formula is C9H13Cl3N2. The smallest absolute Gasteiger partial charge is 0.0613 e. The molecule has 0 saturated heterocycles. The Labute approximate surface area is 101 Å². The summed E-state index contributed by atoms with van der Waals surface area (Å²) in [5.74, 6) is 0. The molecule has 0 radical (unpaired) electrons. The van der Waals surface area contributed by atoms with Crippen molar-refractivity contribution in [2.45, 2.75) is 0 Å². The Morgan fingerprint density at radius 2 is 1.57 bits per heavy atom. The molecule has 0 fully saturated rings. The summed E-state index contributed by atoms with van der Waals surface area (Å²) < 4.78 is 0. The van der Waals surface area contributed by atoms with Crippen LogP contribution in [0.3, 0.4) is 0 Å². The molecule has 5 heteroatoms. The van der Waals surface area contributed by atoms with Gasteiger partial charge in [0, 0.05) is 21.1 Å². The van der Waals surface area contributed by atoms with Gasteiger partial charge in [0.1, 0.15) is 0 Å². The minimum Gasteiger partial charge on any atom is -0.309 e. The zero-order valence-electron chi connectivity index (χ0n) is 8.29. The average molecular weight is 256 g/mol. The molecule has 0 N–H and O–H groups in total. The Bertz CT molecular complexity index is 302. The number of halogens is 3. The van der Waals surface area contributed by atoms with Crippen LogP contribution in [0.25, 0.3) is 0 Å². The monoisotopic (exact) mass is 254 g/mol. The van der Waals surface area contributed by atoms with Crippen LogP contribution in [0.2, 0.25) is 10.0 Å². The lowest BCUT2D eigenvalue weighted by molar-refractivity contribution is 0.397. The Kier molecular flexibility index (Phi) is 5.60. The standard InChI is InChI=1S/C9H12Cl2N2.ClH/c1-12(2)13(3)7-4-5-8(10)9(11)6-7;/h4-6H,1-3H3;1H. The summed E-state index contributed by atoms with van der Waals surface area (Å²) in [5.41, 5.74) is 1.01. The molecule has 1 aromatic carbocycles. The summed E-state index contributed by atoms with van der Waals surface area (Å²) in [4.78, 5) is 0. The van der Waals surface area contributed by atoms with E-state index in [1.165, 1.54) is 0 Å². The molecule has 0 bridgehead atoms. The van der Waals surface area contributed by atoms with E-state index in [-0.39, 0.29) is 12.4 Å². The maximum absolute atomic E-state index is 5.89. The molecule has 0 aromatic heterocycles. The fourth-order valence-electron chi connectivity index (χ4n) is 0.917. The van der Waals surface area contributed by atoms with Crippen LogP contribution < -0.4 is 5.01 Å². The van der Waals surface area contributed by atoms with Crippen molar-refractivity contribution < 1.29 is 0 Å². The highest BCUT2D eigenvalue weighted by atomic mass is 35.5. The van der Waals surface area contributed by atoms with Crippen molar-refractivity contribution in [1.29, 1.82) is 0 Å². The van der Waals surface area contributed by atoms with E-state index in [0.29, 0.717) is 10.0 Å². The van der Waals surface area contributed by atoms with Gasteiger partial charge in [0.25, 0.3) is 0 Å². The molecule has 0 amide bonds. The first-order valence-corrected chi connectivity index (χ1v) is 4.64. The second kappa shape index (κ2) is 5.66. The molecule has 0 aliphatic heterocycles. The van der Waals surface area contributed by atoms with Gasteiger partial charge in [-0.05, 0) is 18.2 Å². The van der Waals surface area contributed by atoms with E-state index in [2.05, 4.69) is 0 Å². The predicted octanol–water partition coefficient (Wildman–Crippen LogP) is 3.33. The molecule has 0 heterocycles. The van der Waals surface area contributed by atoms with Crippen LogP contribution in [0.1, 0.15) is 0 Å². The van der Waals surface area contributed by atoms with Crippen molar-refractivity contribution in [3.05, 3.63) is 28.2 Å². The van der Waals surface area contributed by atoms with Crippen LogP contribution in [0.4, 0.5) is 5.69 Å². The number of benzene rings is 1. The number of anilines is 1. The first kappa shape index (κ1) is 13.8. The number of hydrazine groups is 1. The minimum absolute atomic E-state index is 0. The van der Waals surface area contributed by atoms with E-state index >= 15 is 0 Å². The second-order valence-corrected chi connectivity index (χ2v) is 3.78. The summed E-state index contributed by atoms with van der Waals surface area (Å²) >= 11 is 11.7. The number of hydrogen-bond donors (Lipinski definition) is 0. The van der Waals surface area contributed by atoms with E-state index in [1.807, 2.05) is 43.3 Å². The maximum Gasteiger partial charge on any atom is 0.0613 e. The van der Waals surface area contributed by atoms with Crippen molar-refractivity contribution in [2.75, 3.05) is 26.2 Å². The average Bonchev–Trinajstić information content (AvgIpc) is 2.08. The van der Waals surface area contributed by atoms with Gasteiger partial charge in [-0.25, -0.2) is 5.01 Å². The minimum atomic E-state index is 0. The Balaban J connectivity index is 0.00000169. The molecule has 0 atom stereocenters. The summed E-state index contributed by atoms with van der Waals surface area (Å²) in [6.45, 7) is 0. The second-order valence-electron chi connectivity index (χ2n) is 2.97. The van der Waals surface area contributed by atoms with Gasteiger partial charge < -0.3 is 5.01 Å². The van der Waals surface area contributed by atoms with Gasteiger partial charge in [0.05, 0.1) is 15.7 Å². The van der Waals surface area contributed by atoms with E-state index in [1.54, 1.807) is 6.07 Å². The molecule has 1 aromatic rings. The van der Waals surface area contributed by atoms with Crippen LogP contribution in [0.5, 0.6) is 0 Å². The predicted molar refractivity (Wildman–Crippen MR) is 65.8 cm³/mol. The summed E-state index contributed by atoms with van der Waals surface area (Å²) in [7, 11) is 5.88. The van der Waals surface area contributed by atoms with Crippen molar-refractivity contribution >= 4 is 41.3 Å². The van der Waals surface area contributed by atoms with E-state index in [0.717, 1.165) is 5.69 Å². The third kappa shape index (κ3) is 3.21. The molecule has 0 aliphatic carbocycles. The quantitative estimate of drug-likeness (QED) is 0.748. The number of hydrogen-bond acceptors (Lipinski definition) is 2. The maximum atomic E-state index is 5.89. The van der Waals surface area contributed by atoms with Crippen LogP contribution >= 0.6 is 35.6 Å². The third-order valence-corrected chi connectivity index (χ3v) is 2.62. The van der Waals surface area contributed by atoms with Crippen LogP contribution in [0.15, 0.2) is 18.2 Å². The molecule has 80 valence electrons. The molecule has 0 unspecified atom stereocenters. The van der Waals surface area contributed by atoms with E-state index in [9.17, 15) is 0 Å². The van der Waals surface area contributed by atoms with Crippen molar-refractivity contribution in [3.63, 3.8) is 0 Å². The molecular weight excluding hydrogens is 242 g/mol. The van der Waals surface area contributed by atoms with Gasteiger partial charge in [0.15, 0.2) is 0 Å². The van der Waals surface area contributed by atoms with Crippen molar-refractivity contribution in [3.8, 4) is 0 Å². The summed E-state index contributed by atoms with van der Waals surface area (Å²) in [5, 5.41) is 5.09. The molecule has 14 heavy (non-hydrogen) atoms. The zero-order chi connectivity index (χ0) is 10.0. The normalized spacial score (nSPS) is 9.86. The van der Waals surface area contributed by atoms with Gasteiger partial charge in [-0.2, -0.15) is 0 Å². The fraction of sp³-hybridized carbons (Fsp3) is 0.333. The van der Waals surface area contributed by atoms with E-state index in [4.69, 9.17) is 23.2 Å². The van der Waals surface area contributed by atoms with Crippen molar-refractivity contribution in [1.82, 2.24) is 5.01 Å². The van der Waals surface area contributed by atoms with Gasteiger partial charge >= 0.3 is 0 Å². The van der Waals surface area contributed by atoms with Gasteiger partial charge in [-0.3, -0.25) is 0 Å². The fourth-order valence-corrected chi connectivity index (χ4v) is 1.21. The lowest BCUT2D eigenvalue weighted by Crippen LogP contribution is -2.32. The molecule has 0 spiro atoms.